The summed E-state index contributed by atoms with van der Waals surface area (Å²) in [5.41, 5.74) is 0.845. The number of rotatable bonds is 6. The van der Waals surface area contributed by atoms with Gasteiger partial charge < -0.3 is 15.5 Å². The lowest BCUT2D eigenvalue weighted by Gasteiger charge is -2.20. The van der Waals surface area contributed by atoms with E-state index in [1.54, 1.807) is 12.3 Å². The summed E-state index contributed by atoms with van der Waals surface area (Å²) in [7, 11) is 0. The summed E-state index contributed by atoms with van der Waals surface area (Å²) in [4.78, 5) is 25.9. The van der Waals surface area contributed by atoms with Crippen LogP contribution < -0.4 is 15.5 Å². The third-order valence-corrected chi connectivity index (χ3v) is 6.14. The maximum atomic E-state index is 13.9. The first kappa shape index (κ1) is 21.6. The maximum Gasteiger partial charge on any atom is 0.303 e. The molecule has 0 bridgehead atoms. The van der Waals surface area contributed by atoms with Crippen molar-refractivity contribution in [3.05, 3.63) is 30.4 Å². The lowest BCUT2D eigenvalue weighted by molar-refractivity contribution is -0.114. The summed E-state index contributed by atoms with van der Waals surface area (Å²) >= 11 is 0. The van der Waals surface area contributed by atoms with E-state index >= 15 is 0 Å². The fourth-order valence-corrected chi connectivity index (χ4v) is 4.23. The summed E-state index contributed by atoms with van der Waals surface area (Å²) in [5, 5.41) is 11.9. The highest BCUT2D eigenvalue weighted by Crippen LogP contribution is 2.37. The molecule has 5 rings (SSSR count). The van der Waals surface area contributed by atoms with Gasteiger partial charge in [0, 0.05) is 63.0 Å². The highest BCUT2D eigenvalue weighted by atomic mass is 19.3. The summed E-state index contributed by atoms with van der Waals surface area (Å²) in [6.07, 6.45) is 6.31. The fourth-order valence-electron chi connectivity index (χ4n) is 4.23. The molecule has 174 valence electrons. The van der Waals surface area contributed by atoms with Crippen molar-refractivity contribution < 1.29 is 13.6 Å². The number of halogens is 2. The minimum atomic E-state index is -3.18. The van der Waals surface area contributed by atoms with Crippen LogP contribution in [0.4, 0.5) is 20.4 Å². The molecule has 2 N–H and O–H groups in total. The van der Waals surface area contributed by atoms with Gasteiger partial charge in [-0.1, -0.05) is 0 Å². The standard InChI is InChI=1S/C22H26F2N8O/c1-13(33)27-17-10-16-15(11-26-17)19(31-9-5-14(12-31)29-21(2)6-7-21)30-32(16)18-4-8-25-20(28-18)22(3,23)24/h4,8,10-11,14,29H,5-7,9,12H2,1-3H3,(H,26,27,33). The number of fused-ring (bicyclic) bond motifs is 1. The van der Waals surface area contributed by atoms with E-state index in [0.717, 1.165) is 31.8 Å². The Hall–Kier alpha value is -3.21. The average molecular weight is 457 g/mol. The number of carbonyl (C=O) groups is 1. The topological polar surface area (TPSA) is 101 Å². The monoisotopic (exact) mass is 456 g/mol. The van der Waals surface area contributed by atoms with E-state index in [2.05, 4.69) is 37.4 Å². The van der Waals surface area contributed by atoms with Gasteiger partial charge in [-0.3, -0.25) is 4.79 Å². The van der Waals surface area contributed by atoms with Gasteiger partial charge in [0.25, 0.3) is 0 Å². The fraction of sp³-hybridized carbons (Fsp3) is 0.500. The Balaban J connectivity index is 1.56. The molecule has 1 saturated carbocycles. The number of anilines is 2. The van der Waals surface area contributed by atoms with Crippen LogP contribution in [0.3, 0.4) is 0 Å². The smallest absolute Gasteiger partial charge is 0.303 e. The van der Waals surface area contributed by atoms with Gasteiger partial charge >= 0.3 is 5.92 Å². The second kappa shape index (κ2) is 7.68. The predicted molar refractivity (Wildman–Crippen MR) is 120 cm³/mol. The minimum Gasteiger partial charge on any atom is -0.353 e. The lowest BCUT2D eigenvalue weighted by atomic mass is 10.2. The van der Waals surface area contributed by atoms with Crippen molar-refractivity contribution in [3.8, 4) is 5.82 Å². The Labute approximate surface area is 189 Å². The van der Waals surface area contributed by atoms with Crippen molar-refractivity contribution in [2.24, 2.45) is 0 Å². The quantitative estimate of drug-likeness (QED) is 0.588. The minimum absolute atomic E-state index is 0.220. The number of nitrogens with one attached hydrogen (secondary N) is 2. The Morgan fingerprint density at radius 1 is 1.30 bits per heavy atom. The number of hydrogen-bond acceptors (Lipinski definition) is 7. The van der Waals surface area contributed by atoms with Crippen LogP contribution in [-0.2, 0) is 10.7 Å². The molecule has 2 fully saturated rings. The van der Waals surface area contributed by atoms with Gasteiger partial charge in [0.15, 0.2) is 11.6 Å². The van der Waals surface area contributed by atoms with Gasteiger partial charge in [-0.25, -0.2) is 19.6 Å². The second-order valence-electron chi connectivity index (χ2n) is 9.27. The van der Waals surface area contributed by atoms with E-state index in [1.165, 1.54) is 36.7 Å². The summed E-state index contributed by atoms with van der Waals surface area (Å²) < 4.78 is 29.3. The molecule has 1 saturated heterocycles. The summed E-state index contributed by atoms with van der Waals surface area (Å²) in [6, 6.07) is 3.57. The molecular formula is C22H26F2N8O. The van der Waals surface area contributed by atoms with Gasteiger partial charge in [0.2, 0.25) is 11.7 Å². The van der Waals surface area contributed by atoms with Gasteiger partial charge in [-0.15, -0.1) is 5.10 Å². The molecule has 11 heteroatoms. The van der Waals surface area contributed by atoms with Crippen molar-refractivity contribution in [2.75, 3.05) is 23.3 Å². The Kier molecular flexibility index (Phi) is 5.04. The SMILES string of the molecule is CC(=O)Nc1cc2c(cn1)c(N1CCC(NC3(C)CC3)C1)nn2-c1ccnc(C(C)(F)F)n1. The molecular weight excluding hydrogens is 430 g/mol. The summed E-state index contributed by atoms with van der Waals surface area (Å²) in [6.45, 7) is 6.00. The van der Waals surface area contributed by atoms with Gasteiger partial charge in [0.05, 0.1) is 10.9 Å². The van der Waals surface area contributed by atoms with E-state index in [-0.39, 0.29) is 17.3 Å². The zero-order valence-corrected chi connectivity index (χ0v) is 18.8. The third kappa shape index (κ3) is 4.37. The van der Waals surface area contributed by atoms with E-state index in [1.807, 2.05) is 0 Å². The van der Waals surface area contributed by atoms with Crippen LogP contribution in [0.5, 0.6) is 0 Å². The molecule has 1 amide bonds. The van der Waals surface area contributed by atoms with Crippen LogP contribution in [0.2, 0.25) is 0 Å². The zero-order valence-electron chi connectivity index (χ0n) is 18.8. The molecule has 4 heterocycles. The van der Waals surface area contributed by atoms with Crippen molar-refractivity contribution in [1.29, 1.82) is 0 Å². The molecule has 3 aromatic rings. The Morgan fingerprint density at radius 3 is 2.79 bits per heavy atom. The predicted octanol–water partition coefficient (Wildman–Crippen LogP) is 3.00. The van der Waals surface area contributed by atoms with Crippen molar-refractivity contribution in [1.82, 2.24) is 30.0 Å². The van der Waals surface area contributed by atoms with E-state index in [9.17, 15) is 13.6 Å². The molecule has 0 radical (unpaired) electrons. The molecule has 9 nitrogen and oxygen atoms in total. The molecule has 0 aromatic carbocycles. The average Bonchev–Trinajstić information content (AvgIpc) is 3.14. The van der Waals surface area contributed by atoms with Crippen molar-refractivity contribution in [2.45, 2.75) is 57.5 Å². The normalized spacial score (nSPS) is 19.8. The van der Waals surface area contributed by atoms with E-state index < -0.39 is 11.7 Å². The number of hydrogen-bond donors (Lipinski definition) is 2. The van der Waals surface area contributed by atoms with Crippen molar-refractivity contribution >= 4 is 28.4 Å². The molecule has 1 aliphatic carbocycles. The van der Waals surface area contributed by atoms with E-state index in [4.69, 9.17) is 5.10 Å². The highest BCUT2D eigenvalue weighted by molar-refractivity contribution is 5.95. The maximum absolute atomic E-state index is 13.9. The number of carbonyl (C=O) groups excluding carboxylic acids is 1. The Bertz CT molecular complexity index is 1220. The highest BCUT2D eigenvalue weighted by Gasteiger charge is 2.40. The van der Waals surface area contributed by atoms with Crippen LogP contribution in [0.1, 0.15) is 45.9 Å². The number of nitrogens with zero attached hydrogens (tertiary/aromatic N) is 6. The first-order chi connectivity index (χ1) is 15.6. The lowest BCUT2D eigenvalue weighted by Crippen LogP contribution is -2.40. The molecule has 3 aromatic heterocycles. The number of pyridine rings is 1. The largest absolute Gasteiger partial charge is 0.353 e. The molecule has 33 heavy (non-hydrogen) atoms. The second-order valence-corrected chi connectivity index (χ2v) is 9.27. The van der Waals surface area contributed by atoms with Gasteiger partial charge in [-0.2, -0.15) is 8.78 Å². The molecule has 1 aliphatic heterocycles. The van der Waals surface area contributed by atoms with Crippen LogP contribution in [-0.4, -0.2) is 55.3 Å². The first-order valence-corrected chi connectivity index (χ1v) is 11.0. The number of alkyl halides is 2. The first-order valence-electron chi connectivity index (χ1n) is 11.0. The van der Waals surface area contributed by atoms with Crippen LogP contribution in [0, 0.1) is 0 Å². The zero-order chi connectivity index (χ0) is 23.4. The number of amides is 1. The molecule has 1 atom stereocenters. The van der Waals surface area contributed by atoms with Crippen LogP contribution in [0.15, 0.2) is 24.5 Å². The van der Waals surface area contributed by atoms with Crippen LogP contribution >= 0.6 is 0 Å². The molecule has 1 unspecified atom stereocenters. The van der Waals surface area contributed by atoms with Crippen molar-refractivity contribution in [3.63, 3.8) is 0 Å². The number of aromatic nitrogens is 5. The van der Waals surface area contributed by atoms with Gasteiger partial charge in [0.1, 0.15) is 5.82 Å². The Morgan fingerprint density at radius 2 is 2.09 bits per heavy atom. The van der Waals surface area contributed by atoms with Crippen LogP contribution in [0.25, 0.3) is 16.7 Å². The summed E-state index contributed by atoms with van der Waals surface area (Å²) in [5.74, 6) is -2.75. The van der Waals surface area contributed by atoms with Gasteiger partial charge in [-0.05, 0) is 26.2 Å². The molecule has 2 aliphatic rings. The third-order valence-electron chi connectivity index (χ3n) is 6.14. The molecule has 0 spiro atoms. The van der Waals surface area contributed by atoms with E-state index in [0.29, 0.717) is 23.2 Å².